The van der Waals surface area contributed by atoms with E-state index < -0.39 is 4.92 Å². The van der Waals surface area contributed by atoms with Crippen LogP contribution in [-0.2, 0) is 7.05 Å². The third-order valence-corrected chi connectivity index (χ3v) is 3.43. The van der Waals surface area contributed by atoms with Crippen molar-refractivity contribution in [2.24, 2.45) is 12.8 Å². The van der Waals surface area contributed by atoms with E-state index in [1.807, 2.05) is 13.8 Å². The van der Waals surface area contributed by atoms with Crippen LogP contribution >= 0.6 is 0 Å². The molecule has 1 fully saturated rings. The average Bonchev–Trinajstić information content (AvgIpc) is 2.84. The molecule has 0 radical (unpaired) electrons. The zero-order chi connectivity index (χ0) is 14.2. The summed E-state index contributed by atoms with van der Waals surface area (Å²) in [6, 6.07) is 0.127. The van der Waals surface area contributed by atoms with Crippen molar-refractivity contribution in [3.63, 3.8) is 0 Å². The van der Waals surface area contributed by atoms with Crippen molar-refractivity contribution in [1.29, 1.82) is 0 Å². The molecule has 1 aromatic rings. The van der Waals surface area contributed by atoms with E-state index >= 15 is 0 Å². The number of aryl methyl sites for hydroxylation is 1. The summed E-state index contributed by atoms with van der Waals surface area (Å²) in [4.78, 5) is 10.8. The van der Waals surface area contributed by atoms with Crippen molar-refractivity contribution in [1.82, 2.24) is 9.78 Å². The molecule has 19 heavy (non-hydrogen) atoms. The number of nitrogens with zero attached hydrogens (tertiary/aromatic N) is 3. The Hall–Kier alpha value is -1.63. The maximum Gasteiger partial charge on any atom is 0.353 e. The molecular weight excluding hydrogens is 248 g/mol. The molecule has 7 nitrogen and oxygen atoms in total. The smallest absolute Gasteiger partial charge is 0.353 e. The van der Waals surface area contributed by atoms with Gasteiger partial charge in [0.1, 0.15) is 11.8 Å². The summed E-state index contributed by atoms with van der Waals surface area (Å²) in [5.74, 6) is 0.225. The lowest BCUT2D eigenvalue weighted by molar-refractivity contribution is -0.387. The van der Waals surface area contributed by atoms with Gasteiger partial charge in [-0.3, -0.25) is 10.1 Å². The predicted octanol–water partition coefficient (Wildman–Crippen LogP) is 1.71. The molecule has 7 heteroatoms. The fourth-order valence-electron chi connectivity index (χ4n) is 2.45. The van der Waals surface area contributed by atoms with Gasteiger partial charge in [0, 0.05) is 19.0 Å². The fraction of sp³-hybridized carbons (Fsp3) is 0.750. The standard InChI is InChI=1S/C12H20N4O3/c1-7(2)10-11(16(17)18)12(15(3)14-10)19-9-5-4-8(13)6-9/h7-9H,4-6,13H2,1-3H3. The lowest BCUT2D eigenvalue weighted by atomic mass is 10.1. The Balaban J connectivity index is 2.31. The Morgan fingerprint density at radius 1 is 1.53 bits per heavy atom. The average molecular weight is 268 g/mol. The van der Waals surface area contributed by atoms with Crippen molar-refractivity contribution in [2.45, 2.75) is 51.2 Å². The minimum atomic E-state index is -0.410. The molecule has 1 aliphatic rings. The van der Waals surface area contributed by atoms with E-state index in [2.05, 4.69) is 5.10 Å². The Labute approximate surface area is 111 Å². The maximum absolute atomic E-state index is 11.2. The van der Waals surface area contributed by atoms with Crippen LogP contribution in [0.4, 0.5) is 5.69 Å². The summed E-state index contributed by atoms with van der Waals surface area (Å²) in [5.41, 5.74) is 6.28. The molecule has 2 N–H and O–H groups in total. The van der Waals surface area contributed by atoms with E-state index in [0.717, 1.165) is 19.3 Å². The molecule has 1 saturated carbocycles. The first-order chi connectivity index (χ1) is 8.90. The van der Waals surface area contributed by atoms with Gasteiger partial charge in [-0.15, -0.1) is 0 Å². The molecule has 2 unspecified atom stereocenters. The van der Waals surface area contributed by atoms with E-state index in [0.29, 0.717) is 5.69 Å². The normalized spacial score (nSPS) is 23.0. The maximum atomic E-state index is 11.2. The van der Waals surface area contributed by atoms with Crippen LogP contribution in [0.3, 0.4) is 0 Å². The minimum absolute atomic E-state index is 0.0158. The van der Waals surface area contributed by atoms with E-state index in [1.54, 1.807) is 7.05 Å². The van der Waals surface area contributed by atoms with Crippen LogP contribution in [0.25, 0.3) is 0 Å². The number of nitrogens with two attached hydrogens (primary N) is 1. The van der Waals surface area contributed by atoms with Crippen molar-refractivity contribution in [2.75, 3.05) is 0 Å². The summed E-state index contributed by atoms with van der Waals surface area (Å²) in [6.45, 7) is 3.76. The molecule has 106 valence electrons. The summed E-state index contributed by atoms with van der Waals surface area (Å²) in [5, 5.41) is 15.5. The Bertz CT molecular complexity index is 484. The van der Waals surface area contributed by atoms with Gasteiger partial charge in [-0.1, -0.05) is 13.8 Å². The summed E-state index contributed by atoms with van der Waals surface area (Å²) in [6.07, 6.45) is 2.41. The van der Waals surface area contributed by atoms with E-state index in [-0.39, 0.29) is 29.6 Å². The number of hydrogen-bond acceptors (Lipinski definition) is 5. The van der Waals surface area contributed by atoms with Crippen molar-refractivity contribution in [3.05, 3.63) is 15.8 Å². The minimum Gasteiger partial charge on any atom is -0.470 e. The van der Waals surface area contributed by atoms with Crippen molar-refractivity contribution >= 4 is 5.69 Å². The molecule has 0 saturated heterocycles. The van der Waals surface area contributed by atoms with Crippen molar-refractivity contribution in [3.8, 4) is 5.88 Å². The van der Waals surface area contributed by atoms with Crippen LogP contribution in [0.5, 0.6) is 5.88 Å². The quantitative estimate of drug-likeness (QED) is 0.662. The number of hydrogen-bond donors (Lipinski definition) is 1. The van der Waals surface area contributed by atoms with Gasteiger partial charge in [0.05, 0.1) is 4.92 Å². The first-order valence-electron chi connectivity index (χ1n) is 6.53. The first kappa shape index (κ1) is 13.8. The highest BCUT2D eigenvalue weighted by atomic mass is 16.6. The Morgan fingerprint density at radius 2 is 2.21 bits per heavy atom. The van der Waals surface area contributed by atoms with Gasteiger partial charge in [-0.25, -0.2) is 4.68 Å². The number of ether oxygens (including phenoxy) is 1. The third-order valence-electron chi connectivity index (χ3n) is 3.43. The SMILES string of the molecule is CC(C)c1nn(C)c(OC2CCC(N)C2)c1[N+](=O)[O-]. The highest BCUT2D eigenvalue weighted by Crippen LogP contribution is 2.36. The molecular formula is C12H20N4O3. The zero-order valence-corrected chi connectivity index (χ0v) is 11.5. The second-order valence-corrected chi connectivity index (χ2v) is 5.39. The van der Waals surface area contributed by atoms with Gasteiger partial charge >= 0.3 is 5.69 Å². The monoisotopic (exact) mass is 268 g/mol. The number of nitro groups is 1. The van der Waals surface area contributed by atoms with E-state index in [1.165, 1.54) is 4.68 Å². The molecule has 2 atom stereocenters. The predicted molar refractivity (Wildman–Crippen MR) is 70.2 cm³/mol. The zero-order valence-electron chi connectivity index (χ0n) is 11.5. The fourth-order valence-corrected chi connectivity index (χ4v) is 2.45. The molecule has 1 heterocycles. The summed E-state index contributed by atoms with van der Waals surface area (Å²) >= 11 is 0. The lowest BCUT2D eigenvalue weighted by Crippen LogP contribution is -2.20. The molecule has 0 spiro atoms. The molecule has 0 bridgehead atoms. The third kappa shape index (κ3) is 2.70. The molecule has 0 aliphatic heterocycles. The van der Waals surface area contributed by atoms with Gasteiger partial charge in [0.25, 0.3) is 5.88 Å². The van der Waals surface area contributed by atoms with Crippen LogP contribution in [-0.4, -0.2) is 26.8 Å². The van der Waals surface area contributed by atoms with Crippen molar-refractivity contribution < 1.29 is 9.66 Å². The number of aromatic nitrogens is 2. The van der Waals surface area contributed by atoms with Crippen LogP contribution in [0.1, 0.15) is 44.7 Å². The first-order valence-corrected chi connectivity index (χ1v) is 6.53. The number of rotatable bonds is 4. The second kappa shape index (κ2) is 5.16. The van der Waals surface area contributed by atoms with Gasteiger partial charge < -0.3 is 10.5 Å². The topological polar surface area (TPSA) is 96.2 Å². The van der Waals surface area contributed by atoms with E-state index in [9.17, 15) is 10.1 Å². The Kier molecular flexibility index (Phi) is 3.75. The molecule has 1 aromatic heterocycles. The largest absolute Gasteiger partial charge is 0.470 e. The molecule has 0 amide bonds. The molecule has 0 aromatic carbocycles. The van der Waals surface area contributed by atoms with Crippen LogP contribution in [0.2, 0.25) is 0 Å². The van der Waals surface area contributed by atoms with Crippen LogP contribution < -0.4 is 10.5 Å². The van der Waals surface area contributed by atoms with Gasteiger partial charge in [-0.05, 0) is 19.3 Å². The Morgan fingerprint density at radius 3 is 2.68 bits per heavy atom. The van der Waals surface area contributed by atoms with Gasteiger partial charge in [0.15, 0.2) is 0 Å². The van der Waals surface area contributed by atoms with Crippen LogP contribution in [0, 0.1) is 10.1 Å². The molecule has 1 aliphatic carbocycles. The lowest BCUT2D eigenvalue weighted by Gasteiger charge is -2.12. The van der Waals surface area contributed by atoms with Crippen LogP contribution in [0.15, 0.2) is 0 Å². The summed E-state index contributed by atoms with van der Waals surface area (Å²) in [7, 11) is 1.67. The summed E-state index contributed by atoms with van der Waals surface area (Å²) < 4.78 is 7.23. The highest BCUT2D eigenvalue weighted by Gasteiger charge is 2.33. The highest BCUT2D eigenvalue weighted by molar-refractivity contribution is 5.47. The molecule has 2 rings (SSSR count). The van der Waals surface area contributed by atoms with Gasteiger partial charge in [-0.2, -0.15) is 5.10 Å². The van der Waals surface area contributed by atoms with E-state index in [4.69, 9.17) is 10.5 Å². The second-order valence-electron chi connectivity index (χ2n) is 5.39. The van der Waals surface area contributed by atoms with Gasteiger partial charge in [0.2, 0.25) is 0 Å².